The highest BCUT2D eigenvalue weighted by atomic mass is 32.2. The van der Waals surface area contributed by atoms with Gasteiger partial charge in [-0.15, -0.1) is 5.10 Å². The molecule has 3 rings (SSSR count). The number of alkyl halides is 3. The van der Waals surface area contributed by atoms with E-state index in [1.165, 1.54) is 20.4 Å². The van der Waals surface area contributed by atoms with Crippen LogP contribution >= 0.6 is 0 Å². The van der Waals surface area contributed by atoms with Crippen molar-refractivity contribution < 1.29 is 35.8 Å². The first-order chi connectivity index (χ1) is 13.6. The summed E-state index contributed by atoms with van der Waals surface area (Å²) >= 11 is 0. The molecular weight excluding hydrogens is 421 g/mol. The van der Waals surface area contributed by atoms with E-state index in [1.807, 2.05) is 4.72 Å². The normalized spacial score (nSPS) is 12.1. The van der Waals surface area contributed by atoms with Gasteiger partial charge in [-0.2, -0.15) is 27.7 Å². The predicted molar refractivity (Wildman–Crippen MR) is 90.5 cm³/mol. The topological polar surface area (TPSA) is 130 Å². The second kappa shape index (κ2) is 7.23. The van der Waals surface area contributed by atoms with Gasteiger partial charge in [0.25, 0.3) is 16.0 Å². The fourth-order valence-electron chi connectivity index (χ4n) is 2.39. The Balaban J connectivity index is 2.14. The van der Waals surface area contributed by atoms with Gasteiger partial charge in [-0.1, -0.05) is 0 Å². The van der Waals surface area contributed by atoms with Gasteiger partial charge in [0.05, 0.1) is 33.1 Å². The molecule has 0 aliphatic rings. The Bertz CT molecular complexity index is 1120. The van der Waals surface area contributed by atoms with Crippen LogP contribution in [0.1, 0.15) is 5.56 Å². The number of pyridine rings is 1. The van der Waals surface area contributed by atoms with E-state index in [1.54, 1.807) is 0 Å². The molecule has 15 heteroatoms. The average Bonchev–Trinajstić information content (AvgIpc) is 3.08. The van der Waals surface area contributed by atoms with Crippen LogP contribution in [-0.4, -0.2) is 54.3 Å². The molecule has 0 amide bonds. The number of rotatable bonds is 6. The Morgan fingerprint density at radius 1 is 1.10 bits per heavy atom. The smallest absolute Gasteiger partial charge is 0.418 e. The van der Waals surface area contributed by atoms with E-state index in [0.29, 0.717) is 6.07 Å². The monoisotopic (exact) mass is 434 g/mol. The molecule has 0 unspecified atom stereocenters. The molecule has 0 atom stereocenters. The maximum atomic E-state index is 13.3. The zero-order valence-electron chi connectivity index (χ0n) is 15.1. The quantitative estimate of drug-likeness (QED) is 0.611. The summed E-state index contributed by atoms with van der Waals surface area (Å²) in [5.41, 5.74) is -1.44. The number of methoxy groups -OCH3 is 3. The number of hydrogen-bond acceptors (Lipinski definition) is 9. The van der Waals surface area contributed by atoms with Crippen molar-refractivity contribution in [1.82, 2.24) is 24.6 Å². The number of halogens is 3. The third kappa shape index (κ3) is 3.67. The van der Waals surface area contributed by atoms with E-state index in [-0.39, 0.29) is 17.4 Å². The second-order valence-corrected chi connectivity index (χ2v) is 6.90. The molecule has 3 aromatic rings. The molecule has 0 saturated heterocycles. The minimum atomic E-state index is -4.98. The lowest BCUT2D eigenvalue weighted by Crippen LogP contribution is -2.21. The molecule has 0 spiro atoms. The summed E-state index contributed by atoms with van der Waals surface area (Å²) in [5, 5.41) is 3.86. The van der Waals surface area contributed by atoms with E-state index < -0.39 is 38.5 Å². The molecular formula is C14H13F3N6O5S. The zero-order valence-corrected chi connectivity index (χ0v) is 15.9. The zero-order chi connectivity index (χ0) is 21.4. The first-order valence-corrected chi connectivity index (χ1v) is 9.07. The van der Waals surface area contributed by atoms with Gasteiger partial charge >= 0.3 is 12.2 Å². The Kier molecular flexibility index (Phi) is 5.08. The molecule has 156 valence electrons. The van der Waals surface area contributed by atoms with Gasteiger partial charge in [0.1, 0.15) is 0 Å². The summed E-state index contributed by atoms with van der Waals surface area (Å²) in [4.78, 5) is 10.2. The Morgan fingerprint density at radius 2 is 1.83 bits per heavy atom. The lowest BCUT2D eigenvalue weighted by molar-refractivity contribution is -0.140. The van der Waals surface area contributed by atoms with Crippen LogP contribution < -0.4 is 18.9 Å². The van der Waals surface area contributed by atoms with Crippen LogP contribution in [0.5, 0.6) is 17.6 Å². The first kappa shape index (κ1) is 20.4. The molecule has 0 saturated carbocycles. The number of fused-ring (bicyclic) bond motifs is 1. The maximum Gasteiger partial charge on any atom is 0.418 e. The summed E-state index contributed by atoms with van der Waals surface area (Å²) in [6.45, 7) is 0. The van der Waals surface area contributed by atoms with Crippen LogP contribution in [0.15, 0.2) is 23.4 Å². The van der Waals surface area contributed by atoms with Crippen molar-refractivity contribution in [1.29, 1.82) is 0 Å². The van der Waals surface area contributed by atoms with Crippen molar-refractivity contribution in [3.05, 3.63) is 24.0 Å². The van der Waals surface area contributed by atoms with E-state index in [9.17, 15) is 21.6 Å². The number of ether oxygens (including phenoxy) is 3. The van der Waals surface area contributed by atoms with Crippen LogP contribution in [0.3, 0.4) is 0 Å². The van der Waals surface area contributed by atoms with Gasteiger partial charge in [-0.25, -0.2) is 18.1 Å². The molecule has 0 aliphatic carbocycles. The molecule has 0 radical (unpaired) electrons. The van der Waals surface area contributed by atoms with Crippen LogP contribution in [-0.2, 0) is 16.2 Å². The van der Waals surface area contributed by atoms with Crippen molar-refractivity contribution in [3.8, 4) is 17.6 Å². The summed E-state index contributed by atoms with van der Waals surface area (Å²) in [5.74, 6) is -1.17. The minimum Gasteiger partial charge on any atom is -0.491 e. The molecule has 0 bridgehead atoms. The van der Waals surface area contributed by atoms with E-state index >= 15 is 0 Å². The van der Waals surface area contributed by atoms with Crippen molar-refractivity contribution in [2.75, 3.05) is 26.1 Å². The Hall–Kier alpha value is -3.36. The standard InChI is InChI=1S/C14H13F3N6O5S/c1-26-8-6-19-13(28-3)23-10(8)20-12(21-23)22-29(24,25)9-7(14(15,16)17)4-5-18-11(9)27-2/h4-6H,1-3H3,(H,21,22). The van der Waals surface area contributed by atoms with Gasteiger partial charge in [0, 0.05) is 6.20 Å². The lowest BCUT2D eigenvalue weighted by atomic mass is 10.2. The highest BCUT2D eigenvalue weighted by Crippen LogP contribution is 2.38. The third-order valence-corrected chi connectivity index (χ3v) is 4.95. The molecule has 29 heavy (non-hydrogen) atoms. The summed E-state index contributed by atoms with van der Waals surface area (Å²) < 4.78 is 83.2. The molecule has 0 aliphatic heterocycles. The number of sulfonamides is 1. The number of hydrogen-bond donors (Lipinski definition) is 1. The molecule has 11 nitrogen and oxygen atoms in total. The number of aromatic nitrogens is 5. The average molecular weight is 434 g/mol. The molecule has 0 aromatic carbocycles. The van der Waals surface area contributed by atoms with Crippen LogP contribution in [0.2, 0.25) is 0 Å². The van der Waals surface area contributed by atoms with Gasteiger partial charge in [-0.05, 0) is 6.07 Å². The maximum absolute atomic E-state index is 13.3. The SMILES string of the molecule is COc1nccc(C(F)(F)F)c1S(=O)(=O)Nc1nc2c(OC)cnc(OC)n2n1. The fraction of sp³-hybridized carbons (Fsp3) is 0.286. The minimum absolute atomic E-state index is 0.0197. The van der Waals surface area contributed by atoms with E-state index in [4.69, 9.17) is 14.2 Å². The number of nitrogens with one attached hydrogen (secondary N) is 1. The Morgan fingerprint density at radius 3 is 2.41 bits per heavy atom. The van der Waals surface area contributed by atoms with Crippen molar-refractivity contribution >= 4 is 21.6 Å². The molecule has 3 heterocycles. The highest BCUT2D eigenvalue weighted by molar-refractivity contribution is 7.92. The molecule has 1 N–H and O–H groups in total. The van der Waals surface area contributed by atoms with E-state index in [2.05, 4.69) is 20.1 Å². The first-order valence-electron chi connectivity index (χ1n) is 7.59. The van der Waals surface area contributed by atoms with Gasteiger partial charge in [-0.3, -0.25) is 0 Å². The summed E-state index contributed by atoms with van der Waals surface area (Å²) in [6.07, 6.45) is -2.94. The van der Waals surface area contributed by atoms with Crippen LogP contribution in [0.25, 0.3) is 5.65 Å². The van der Waals surface area contributed by atoms with Crippen LogP contribution in [0.4, 0.5) is 19.1 Å². The summed E-state index contributed by atoms with van der Waals surface area (Å²) in [7, 11) is -1.26. The van der Waals surface area contributed by atoms with Gasteiger partial charge < -0.3 is 14.2 Å². The fourth-order valence-corrected chi connectivity index (χ4v) is 3.65. The second-order valence-electron chi connectivity index (χ2n) is 5.28. The predicted octanol–water partition coefficient (Wildman–Crippen LogP) is 1.36. The Labute approximate surface area is 161 Å². The van der Waals surface area contributed by atoms with Crippen molar-refractivity contribution in [2.24, 2.45) is 0 Å². The van der Waals surface area contributed by atoms with Crippen molar-refractivity contribution in [2.45, 2.75) is 11.1 Å². The number of nitrogens with zero attached hydrogens (tertiary/aromatic N) is 5. The van der Waals surface area contributed by atoms with Gasteiger partial charge in [0.2, 0.25) is 11.5 Å². The van der Waals surface area contributed by atoms with E-state index in [0.717, 1.165) is 17.8 Å². The van der Waals surface area contributed by atoms with Crippen molar-refractivity contribution in [3.63, 3.8) is 0 Å². The largest absolute Gasteiger partial charge is 0.491 e. The lowest BCUT2D eigenvalue weighted by Gasteiger charge is -2.15. The highest BCUT2D eigenvalue weighted by Gasteiger charge is 2.40. The third-order valence-electron chi connectivity index (χ3n) is 3.57. The molecule has 0 fully saturated rings. The number of anilines is 1. The van der Waals surface area contributed by atoms with Gasteiger partial charge in [0.15, 0.2) is 10.6 Å². The summed E-state index contributed by atoms with van der Waals surface area (Å²) in [6, 6.07) is 0.457. The molecule has 3 aromatic heterocycles. The van der Waals surface area contributed by atoms with Crippen LogP contribution in [0, 0.1) is 0 Å².